The number of amides is 1. The highest BCUT2D eigenvalue weighted by Crippen LogP contribution is 2.36. The van der Waals surface area contributed by atoms with Crippen LogP contribution in [0.3, 0.4) is 0 Å². The number of aryl methyl sites for hydroxylation is 1. The van der Waals surface area contributed by atoms with Crippen LogP contribution in [0.4, 0.5) is 0 Å². The third-order valence-electron chi connectivity index (χ3n) is 6.22. The predicted molar refractivity (Wildman–Crippen MR) is 139 cm³/mol. The average Bonchev–Trinajstić information content (AvgIpc) is 3.12. The number of hydrogen-bond donors (Lipinski definition) is 1. The maximum absolute atomic E-state index is 13.6. The van der Waals surface area contributed by atoms with Gasteiger partial charge in [0.05, 0.1) is 35.8 Å². The molecule has 0 saturated heterocycles. The molecular weight excluding hydrogens is 483 g/mol. The lowest BCUT2D eigenvalue weighted by molar-refractivity contribution is 0.0922. The number of carbonyl (C=O) groups is 1. The molecule has 180 valence electrons. The third-order valence-corrected chi connectivity index (χ3v) is 6.65. The lowest BCUT2D eigenvalue weighted by Crippen LogP contribution is -2.34. The van der Waals surface area contributed by atoms with Gasteiger partial charge in [-0.15, -0.1) is 0 Å². The number of nitrogens with one attached hydrogen (secondary N) is 1. The summed E-state index contributed by atoms with van der Waals surface area (Å²) in [6.45, 7) is 8.69. The Morgan fingerprint density at radius 1 is 1.14 bits per heavy atom. The van der Waals surface area contributed by atoms with Crippen LogP contribution >= 0.6 is 23.2 Å². The summed E-state index contributed by atoms with van der Waals surface area (Å²) < 4.78 is 7.53. The van der Waals surface area contributed by atoms with Gasteiger partial charge in [-0.1, -0.05) is 62.2 Å². The van der Waals surface area contributed by atoms with Crippen LogP contribution in [-0.2, 0) is 5.41 Å². The van der Waals surface area contributed by atoms with Crippen LogP contribution in [0.1, 0.15) is 60.4 Å². The van der Waals surface area contributed by atoms with E-state index in [0.29, 0.717) is 34.3 Å². The first kappa shape index (κ1) is 23.6. The zero-order valence-corrected chi connectivity index (χ0v) is 21.5. The topological polar surface area (TPSA) is 68.5 Å². The van der Waals surface area contributed by atoms with Crippen molar-refractivity contribution in [3.63, 3.8) is 0 Å². The highest BCUT2D eigenvalue weighted by molar-refractivity contribution is 6.35. The van der Waals surface area contributed by atoms with E-state index in [0.717, 1.165) is 33.8 Å². The molecule has 2 aromatic heterocycles. The number of nitrogens with zero attached hydrogens (tertiary/aromatic N) is 3. The summed E-state index contributed by atoms with van der Waals surface area (Å²) in [5.41, 5.74) is 4.97. The van der Waals surface area contributed by atoms with Crippen molar-refractivity contribution >= 4 is 34.8 Å². The van der Waals surface area contributed by atoms with Crippen LogP contribution in [0, 0.1) is 6.92 Å². The van der Waals surface area contributed by atoms with Gasteiger partial charge in [0.2, 0.25) is 0 Å². The molecule has 0 bridgehead atoms. The van der Waals surface area contributed by atoms with Gasteiger partial charge in [0.15, 0.2) is 5.65 Å². The highest BCUT2D eigenvalue weighted by atomic mass is 35.5. The second-order valence-corrected chi connectivity index (χ2v) is 10.7. The molecule has 1 atom stereocenters. The molecule has 1 aliphatic heterocycles. The zero-order chi connectivity index (χ0) is 24.9. The molecule has 0 aliphatic carbocycles. The minimum Gasteiger partial charge on any atom is -0.493 e. The van der Waals surface area contributed by atoms with Crippen molar-refractivity contribution in [3.05, 3.63) is 81.1 Å². The number of aromatic nitrogens is 3. The largest absolute Gasteiger partial charge is 0.493 e. The van der Waals surface area contributed by atoms with E-state index < -0.39 is 0 Å². The molecule has 1 amide bonds. The quantitative estimate of drug-likeness (QED) is 0.340. The van der Waals surface area contributed by atoms with Gasteiger partial charge in [-0.25, -0.2) is 9.50 Å². The number of hydrogen-bond acceptors (Lipinski definition) is 4. The van der Waals surface area contributed by atoms with Gasteiger partial charge >= 0.3 is 0 Å². The molecule has 0 unspecified atom stereocenters. The Morgan fingerprint density at radius 3 is 2.57 bits per heavy atom. The average molecular weight is 509 g/mol. The number of fused-ring (bicyclic) bond motifs is 2. The number of imidazole rings is 1. The van der Waals surface area contributed by atoms with E-state index in [1.165, 1.54) is 0 Å². The number of para-hydroxylation sites is 1. The molecule has 35 heavy (non-hydrogen) atoms. The molecule has 0 saturated carbocycles. The van der Waals surface area contributed by atoms with Gasteiger partial charge in [-0.05, 0) is 36.6 Å². The van der Waals surface area contributed by atoms with Crippen LogP contribution in [0.2, 0.25) is 10.0 Å². The molecule has 3 heterocycles. The molecular formula is C27H26Cl2N4O2. The van der Waals surface area contributed by atoms with Crippen LogP contribution in [0.25, 0.3) is 16.9 Å². The van der Waals surface area contributed by atoms with Crippen molar-refractivity contribution in [1.82, 2.24) is 19.9 Å². The van der Waals surface area contributed by atoms with Crippen molar-refractivity contribution in [2.45, 2.75) is 45.6 Å². The highest BCUT2D eigenvalue weighted by Gasteiger charge is 2.30. The van der Waals surface area contributed by atoms with Gasteiger partial charge < -0.3 is 10.1 Å². The minimum absolute atomic E-state index is 0.137. The van der Waals surface area contributed by atoms with E-state index in [9.17, 15) is 4.79 Å². The van der Waals surface area contributed by atoms with E-state index in [-0.39, 0.29) is 17.4 Å². The smallest absolute Gasteiger partial charge is 0.253 e. The van der Waals surface area contributed by atoms with Gasteiger partial charge in [0, 0.05) is 33.2 Å². The predicted octanol–water partition coefficient (Wildman–Crippen LogP) is 6.56. The van der Waals surface area contributed by atoms with Crippen molar-refractivity contribution in [2.75, 3.05) is 6.61 Å². The Labute approximate surface area is 214 Å². The van der Waals surface area contributed by atoms with E-state index in [2.05, 4.69) is 31.2 Å². The summed E-state index contributed by atoms with van der Waals surface area (Å²) in [6.07, 6.45) is 2.33. The maximum Gasteiger partial charge on any atom is 0.253 e. The Balaban J connectivity index is 1.61. The molecule has 0 fully saturated rings. The lowest BCUT2D eigenvalue weighted by atomic mass is 9.84. The molecule has 5 rings (SSSR count). The Morgan fingerprint density at radius 2 is 1.86 bits per heavy atom. The first-order valence-electron chi connectivity index (χ1n) is 11.5. The third kappa shape index (κ3) is 4.37. The number of ether oxygens (including phenoxy) is 1. The fourth-order valence-electron chi connectivity index (χ4n) is 4.75. The summed E-state index contributed by atoms with van der Waals surface area (Å²) in [5, 5.41) is 8.92. The SMILES string of the molecule is Cc1nc2c(C(C)(C)C)c(C(=O)N[C@H]3CCOc4ccccc43)cnn2c1-c1cc(Cl)cc(Cl)c1. The molecule has 2 aromatic carbocycles. The number of halogens is 2. The first-order valence-corrected chi connectivity index (χ1v) is 12.3. The fourth-order valence-corrected chi connectivity index (χ4v) is 5.28. The summed E-state index contributed by atoms with van der Waals surface area (Å²) in [6, 6.07) is 13.0. The van der Waals surface area contributed by atoms with E-state index in [1.54, 1.807) is 16.8 Å². The zero-order valence-electron chi connectivity index (χ0n) is 20.0. The van der Waals surface area contributed by atoms with Gasteiger partial charge in [-0.3, -0.25) is 4.79 Å². The van der Waals surface area contributed by atoms with Gasteiger partial charge in [-0.2, -0.15) is 5.10 Å². The second-order valence-electron chi connectivity index (χ2n) is 9.82. The number of carbonyl (C=O) groups excluding carboxylic acids is 1. The molecule has 1 N–H and O–H groups in total. The normalized spacial score (nSPS) is 15.5. The number of benzene rings is 2. The molecule has 1 aliphatic rings. The van der Waals surface area contributed by atoms with Crippen LogP contribution in [0.15, 0.2) is 48.7 Å². The maximum atomic E-state index is 13.6. The Hall–Kier alpha value is -3.09. The summed E-state index contributed by atoms with van der Waals surface area (Å²) in [7, 11) is 0. The minimum atomic E-state index is -0.370. The van der Waals surface area contributed by atoms with E-state index in [1.807, 2.05) is 43.3 Å². The molecule has 4 aromatic rings. The Bertz CT molecular complexity index is 1440. The Kier molecular flexibility index (Phi) is 5.98. The van der Waals surface area contributed by atoms with Crippen molar-refractivity contribution < 1.29 is 9.53 Å². The standard InChI is InChI=1S/C27H26Cl2N4O2/c1-15-24(16-11-17(28)13-18(29)12-16)33-25(31-15)23(27(2,3)4)20(14-30-33)26(34)32-21-9-10-35-22-8-6-5-7-19(21)22/h5-8,11-14,21H,9-10H2,1-4H3,(H,32,34)/t21-/m0/s1. The lowest BCUT2D eigenvalue weighted by Gasteiger charge is -2.28. The van der Waals surface area contributed by atoms with Crippen LogP contribution < -0.4 is 10.1 Å². The van der Waals surface area contributed by atoms with E-state index >= 15 is 0 Å². The molecule has 0 spiro atoms. The summed E-state index contributed by atoms with van der Waals surface area (Å²) in [5.74, 6) is 0.627. The van der Waals surface area contributed by atoms with Gasteiger partial charge in [0.25, 0.3) is 5.91 Å². The summed E-state index contributed by atoms with van der Waals surface area (Å²) >= 11 is 12.5. The van der Waals surface area contributed by atoms with Crippen LogP contribution in [-0.4, -0.2) is 27.1 Å². The van der Waals surface area contributed by atoms with Crippen molar-refractivity contribution in [3.8, 4) is 17.0 Å². The number of rotatable bonds is 3. The van der Waals surface area contributed by atoms with E-state index in [4.69, 9.17) is 32.9 Å². The van der Waals surface area contributed by atoms with Crippen LogP contribution in [0.5, 0.6) is 5.75 Å². The molecule has 8 heteroatoms. The monoisotopic (exact) mass is 508 g/mol. The molecule has 6 nitrogen and oxygen atoms in total. The van der Waals surface area contributed by atoms with Gasteiger partial charge in [0.1, 0.15) is 5.75 Å². The van der Waals surface area contributed by atoms with Crippen molar-refractivity contribution in [1.29, 1.82) is 0 Å². The fraction of sp³-hybridized carbons (Fsp3) is 0.296. The summed E-state index contributed by atoms with van der Waals surface area (Å²) in [4.78, 5) is 18.5. The first-order chi connectivity index (χ1) is 16.6. The second kappa shape index (κ2) is 8.85. The molecule has 0 radical (unpaired) electrons. The van der Waals surface area contributed by atoms with Crippen molar-refractivity contribution in [2.24, 2.45) is 0 Å².